The number of allylic oxidation sites excluding steroid dienone is 3. The molecule has 0 amide bonds. The fourth-order valence-corrected chi connectivity index (χ4v) is 5.94. The number of aryl methyl sites for hydroxylation is 1. The van der Waals surface area contributed by atoms with E-state index in [4.69, 9.17) is 16.6 Å². The molecule has 0 spiro atoms. The maximum atomic E-state index is 11.0. The van der Waals surface area contributed by atoms with Crippen molar-refractivity contribution < 1.29 is 41.3 Å². The van der Waals surface area contributed by atoms with E-state index in [1.807, 2.05) is 70.3 Å². The summed E-state index contributed by atoms with van der Waals surface area (Å²) >= 11 is 0. The largest absolute Gasteiger partial charge is 0.682 e. The van der Waals surface area contributed by atoms with Crippen molar-refractivity contribution in [2.45, 2.75) is 85.0 Å². The molecule has 1 unspecified atom stereocenters. The first kappa shape index (κ1) is 26.1. The average Bonchev–Trinajstić information content (AvgIpc) is 3.45. The first-order chi connectivity index (χ1) is 22.6. The van der Waals surface area contributed by atoms with E-state index in [0.717, 1.165) is 71.6 Å². The summed E-state index contributed by atoms with van der Waals surface area (Å²) in [5, 5.41) is 15.7. The van der Waals surface area contributed by atoms with Crippen molar-refractivity contribution in [3.05, 3.63) is 106 Å². The van der Waals surface area contributed by atoms with Crippen LogP contribution in [-0.4, -0.2) is 10.9 Å². The molecule has 2 saturated carbocycles. The number of aliphatic hydroxyl groups is 1. The van der Waals surface area contributed by atoms with Gasteiger partial charge in [0.1, 0.15) is 5.58 Å². The number of ketones is 1. The molecule has 1 N–H and O–H groups in total. The number of benzene rings is 3. The van der Waals surface area contributed by atoms with Crippen LogP contribution in [0.4, 0.5) is 0 Å². The Kier molecular flexibility index (Phi) is 7.99. The maximum Gasteiger partial charge on any atom is 0.161 e. The number of fused-ring (bicyclic) bond motifs is 4. The Labute approximate surface area is 282 Å². The number of carbonyl (C=O) groups is 1. The summed E-state index contributed by atoms with van der Waals surface area (Å²) in [7, 11) is 0. The Morgan fingerprint density at radius 2 is 1.77 bits per heavy atom. The second-order valence-electron chi connectivity index (χ2n) is 12.5. The Morgan fingerprint density at radius 1 is 1.02 bits per heavy atom. The minimum atomic E-state index is -2.33. The molecule has 3 aliphatic rings. The van der Waals surface area contributed by atoms with Crippen LogP contribution < -0.4 is 0 Å². The SMILES string of the molecule is CC(C)C(=O)/C=C(\O)C(C)C.[2H]C1(C2=C[N-]C(c3[c-]c(C([2H])([2H])[2H])cc4c3oc3ccccc34)c3ccc(C4([2H])CCCC4)cc32)CC1.[Ir]. The number of rotatable bonds is 6. The second kappa shape index (κ2) is 13.5. The van der Waals surface area contributed by atoms with Crippen LogP contribution in [0.15, 0.2) is 71.0 Å². The fraction of sp³-hybridized carbons (Fsp3) is 0.410. The number of hydrogen-bond acceptors (Lipinski definition) is 3. The molecule has 5 heteroatoms. The molecule has 44 heavy (non-hydrogen) atoms. The molecule has 4 aromatic rings. The number of furan rings is 1. The van der Waals surface area contributed by atoms with Crippen molar-refractivity contribution >= 4 is 33.3 Å². The predicted molar refractivity (Wildman–Crippen MR) is 176 cm³/mol. The molecule has 3 aromatic carbocycles. The van der Waals surface area contributed by atoms with Gasteiger partial charge in [0.2, 0.25) is 0 Å². The summed E-state index contributed by atoms with van der Waals surface area (Å²) in [6.07, 6.45) is 8.53. The summed E-state index contributed by atoms with van der Waals surface area (Å²) < 4.78 is 48.6. The number of hydrogen-bond donors (Lipinski definition) is 1. The normalized spacial score (nSPS) is 21.9. The summed E-state index contributed by atoms with van der Waals surface area (Å²) in [5.74, 6) is -1.08. The Hall–Kier alpha value is -3.14. The van der Waals surface area contributed by atoms with E-state index in [1.165, 1.54) is 6.08 Å². The molecular formula is C39H43IrNO3-2. The van der Waals surface area contributed by atoms with Crippen molar-refractivity contribution in [3.8, 4) is 0 Å². The minimum Gasteiger partial charge on any atom is -0.682 e. The third-order valence-corrected chi connectivity index (χ3v) is 8.65. The van der Waals surface area contributed by atoms with Crippen LogP contribution >= 0.6 is 0 Å². The van der Waals surface area contributed by atoms with Crippen molar-refractivity contribution in [1.29, 1.82) is 0 Å². The summed E-state index contributed by atoms with van der Waals surface area (Å²) in [4.78, 5) is 11.0. The van der Waals surface area contributed by atoms with Crippen molar-refractivity contribution in [3.63, 3.8) is 0 Å². The van der Waals surface area contributed by atoms with Gasteiger partial charge in [-0.15, -0.1) is 5.56 Å². The number of carbonyl (C=O) groups excluding carboxylic acids is 1. The van der Waals surface area contributed by atoms with Gasteiger partial charge in [0, 0.05) is 55.8 Å². The van der Waals surface area contributed by atoms with Gasteiger partial charge in [0.25, 0.3) is 0 Å². The molecule has 0 bridgehead atoms. The fourth-order valence-electron chi connectivity index (χ4n) is 5.94. The molecule has 2 heterocycles. The van der Waals surface area contributed by atoms with E-state index in [0.29, 0.717) is 16.7 Å². The first-order valence-corrected chi connectivity index (χ1v) is 15.5. The van der Waals surface area contributed by atoms with E-state index in [9.17, 15) is 9.90 Å². The third-order valence-electron chi connectivity index (χ3n) is 8.65. The van der Waals surface area contributed by atoms with Crippen LogP contribution in [0.3, 0.4) is 0 Å². The van der Waals surface area contributed by atoms with Crippen LogP contribution in [0.2, 0.25) is 0 Å². The van der Waals surface area contributed by atoms with Crippen LogP contribution in [0, 0.1) is 30.6 Å². The smallest absolute Gasteiger partial charge is 0.161 e. The monoisotopic (exact) mass is 771 g/mol. The molecule has 2 aliphatic carbocycles. The van der Waals surface area contributed by atoms with Crippen LogP contribution in [-0.2, 0) is 24.9 Å². The zero-order valence-electron chi connectivity index (χ0n) is 30.8. The number of nitrogens with zero attached hydrogens (tertiary/aromatic N) is 1. The molecule has 4 nitrogen and oxygen atoms in total. The Balaban J connectivity index is 0.000000340. The zero-order chi connectivity index (χ0) is 34.6. The summed E-state index contributed by atoms with van der Waals surface area (Å²) in [6.45, 7) is 4.99. The average molecular weight is 771 g/mol. The zero-order valence-corrected chi connectivity index (χ0v) is 28.2. The second-order valence-corrected chi connectivity index (χ2v) is 12.5. The van der Waals surface area contributed by atoms with Gasteiger partial charge in [-0.3, -0.25) is 4.79 Å². The van der Waals surface area contributed by atoms with Gasteiger partial charge in [0.05, 0.1) is 5.76 Å². The van der Waals surface area contributed by atoms with Gasteiger partial charge >= 0.3 is 0 Å². The molecule has 1 atom stereocenters. The van der Waals surface area contributed by atoms with E-state index in [1.54, 1.807) is 6.07 Å². The molecule has 233 valence electrons. The molecule has 2 fully saturated rings. The summed E-state index contributed by atoms with van der Waals surface area (Å²) in [5.41, 5.74) is 5.79. The van der Waals surface area contributed by atoms with Crippen molar-refractivity contribution in [2.24, 2.45) is 17.7 Å². The van der Waals surface area contributed by atoms with Crippen LogP contribution in [0.5, 0.6) is 0 Å². The van der Waals surface area contributed by atoms with E-state index in [-0.39, 0.29) is 49.0 Å². The van der Waals surface area contributed by atoms with Crippen LogP contribution in [0.25, 0.3) is 32.8 Å². The summed E-state index contributed by atoms with van der Waals surface area (Å²) in [6, 6.07) is 18.2. The predicted octanol–water partition coefficient (Wildman–Crippen LogP) is 10.9. The van der Waals surface area contributed by atoms with Gasteiger partial charge in [-0.05, 0) is 54.7 Å². The minimum absolute atomic E-state index is 0. The molecule has 1 aliphatic heterocycles. The van der Waals surface area contributed by atoms with E-state index < -0.39 is 24.7 Å². The standard InChI is InChI=1S/C30H27NO.C9H16O2.Ir/c1-18-14-25-22-8-4-5-9-28(22)32-30(25)26(15-18)29-23-13-12-21(19-6-2-3-7-19)16-24(23)27(17-31-29)20-10-11-20;1-6(2)8(10)5-9(11)7(3)4;/h4-5,8-9,12-14,16-17,19-20,29H,2-3,6-7,10-11H2,1H3;5-7,10H,1-4H3;/q-2;;/b;8-5-;/i1D3,19D,20D;;. The molecule has 7 rings (SSSR count). The number of para-hydroxylation sites is 1. The Morgan fingerprint density at radius 3 is 2.45 bits per heavy atom. The van der Waals surface area contributed by atoms with Gasteiger partial charge in [-0.25, -0.2) is 0 Å². The molecule has 1 radical (unpaired) electrons. The van der Waals surface area contributed by atoms with E-state index in [2.05, 4.69) is 12.1 Å². The molecule has 0 saturated heterocycles. The van der Waals surface area contributed by atoms with Gasteiger partial charge in [-0.2, -0.15) is 23.9 Å². The quantitative estimate of drug-likeness (QED) is 0.121. The molecule has 1 aromatic heterocycles. The maximum absolute atomic E-state index is 11.0. The third kappa shape index (κ3) is 6.60. The van der Waals surface area contributed by atoms with Crippen molar-refractivity contribution in [1.82, 2.24) is 0 Å². The van der Waals surface area contributed by atoms with Gasteiger partial charge in [0.15, 0.2) is 5.78 Å². The topological polar surface area (TPSA) is 64.5 Å². The first-order valence-electron chi connectivity index (χ1n) is 18.0. The van der Waals surface area contributed by atoms with Crippen molar-refractivity contribution in [2.75, 3.05) is 0 Å². The van der Waals surface area contributed by atoms with Crippen LogP contribution in [0.1, 0.15) is 113 Å². The molecular weight excluding hydrogens is 723 g/mol. The van der Waals surface area contributed by atoms with E-state index >= 15 is 0 Å². The van der Waals surface area contributed by atoms with Gasteiger partial charge in [-0.1, -0.05) is 106 Å². The van der Waals surface area contributed by atoms with Gasteiger partial charge < -0.3 is 14.8 Å². The number of aliphatic hydroxyl groups excluding tert-OH is 1. The Bertz CT molecular complexity index is 1930.